The van der Waals surface area contributed by atoms with Crippen molar-refractivity contribution in [3.8, 4) is 17.0 Å². The third-order valence-corrected chi connectivity index (χ3v) is 3.08. The average molecular weight is 267 g/mol. The van der Waals surface area contributed by atoms with E-state index >= 15 is 0 Å². The predicted molar refractivity (Wildman–Crippen MR) is 70.7 cm³/mol. The predicted octanol–water partition coefficient (Wildman–Crippen LogP) is 3.41. The van der Waals surface area contributed by atoms with Crippen molar-refractivity contribution in [3.63, 3.8) is 0 Å². The Kier molecular flexibility index (Phi) is 3.89. The molecule has 0 fully saturated rings. The zero-order chi connectivity index (χ0) is 13.1. The van der Waals surface area contributed by atoms with Crippen LogP contribution in [0, 0.1) is 0 Å². The van der Waals surface area contributed by atoms with E-state index in [9.17, 15) is 0 Å². The van der Waals surface area contributed by atoms with E-state index in [2.05, 4.69) is 5.16 Å². The summed E-state index contributed by atoms with van der Waals surface area (Å²) in [4.78, 5) is 0. The van der Waals surface area contributed by atoms with Crippen LogP contribution in [0.3, 0.4) is 0 Å². The van der Waals surface area contributed by atoms with Crippen LogP contribution in [0.15, 0.2) is 28.8 Å². The Hall–Kier alpha value is -1.52. The lowest BCUT2D eigenvalue weighted by Gasteiger charge is -2.03. The number of halogens is 1. The molecular weight excluding hydrogens is 252 g/mol. The van der Waals surface area contributed by atoms with Crippen LogP contribution in [-0.2, 0) is 0 Å². The maximum absolute atomic E-state index is 6.07. The van der Waals surface area contributed by atoms with Crippen molar-refractivity contribution in [1.82, 2.24) is 5.16 Å². The maximum Gasteiger partial charge on any atom is 0.154 e. The quantitative estimate of drug-likeness (QED) is 0.921. The van der Waals surface area contributed by atoms with Gasteiger partial charge in [-0.2, -0.15) is 0 Å². The molecule has 4 nitrogen and oxygen atoms in total. The molecule has 2 rings (SSSR count). The first-order valence-electron chi connectivity index (χ1n) is 5.71. The fraction of sp³-hybridized carbons (Fsp3) is 0.308. The fourth-order valence-corrected chi connectivity index (χ4v) is 1.88. The van der Waals surface area contributed by atoms with Crippen molar-refractivity contribution in [3.05, 3.63) is 35.0 Å². The molecule has 1 aromatic heterocycles. The second-order valence-corrected chi connectivity index (χ2v) is 4.39. The van der Waals surface area contributed by atoms with Crippen LogP contribution < -0.4 is 10.5 Å². The number of nitrogens with zero attached hydrogens (tertiary/aromatic N) is 1. The van der Waals surface area contributed by atoms with Gasteiger partial charge >= 0.3 is 0 Å². The Balaban J connectivity index is 2.31. The molecule has 0 bridgehead atoms. The average Bonchev–Trinajstić information content (AvgIpc) is 2.87. The van der Waals surface area contributed by atoms with Gasteiger partial charge in [-0.15, -0.1) is 0 Å². The second-order valence-electron chi connectivity index (χ2n) is 3.98. The molecule has 0 saturated heterocycles. The molecule has 5 heteroatoms. The first kappa shape index (κ1) is 12.9. The molecule has 1 unspecified atom stereocenters. The van der Waals surface area contributed by atoms with Gasteiger partial charge in [-0.05, 0) is 24.6 Å². The van der Waals surface area contributed by atoms with Crippen molar-refractivity contribution in [2.45, 2.75) is 19.4 Å². The number of ether oxygens (including phenoxy) is 1. The summed E-state index contributed by atoms with van der Waals surface area (Å²) in [5.41, 5.74) is 7.48. The van der Waals surface area contributed by atoms with E-state index in [4.69, 9.17) is 26.6 Å². The Bertz CT molecular complexity index is 540. The summed E-state index contributed by atoms with van der Waals surface area (Å²) >= 11 is 6.07. The zero-order valence-corrected chi connectivity index (χ0v) is 11.1. The number of aromatic nitrogens is 1. The van der Waals surface area contributed by atoms with Crippen LogP contribution in [0.1, 0.15) is 25.1 Å². The topological polar surface area (TPSA) is 61.3 Å². The van der Waals surface area contributed by atoms with Gasteiger partial charge < -0.3 is 15.0 Å². The molecule has 0 aliphatic rings. The minimum atomic E-state index is -0.125. The standard InChI is InChI=1S/C13H15ClN2O2/c1-3-10(15)13-7-11(16-18-13)8-4-5-12(17-2)9(14)6-8/h4-7,10H,3,15H2,1-2H3. The van der Waals surface area contributed by atoms with Gasteiger partial charge in [-0.25, -0.2) is 0 Å². The molecule has 1 atom stereocenters. The van der Waals surface area contributed by atoms with Crippen molar-refractivity contribution < 1.29 is 9.26 Å². The number of methoxy groups -OCH3 is 1. The normalized spacial score (nSPS) is 12.4. The summed E-state index contributed by atoms with van der Waals surface area (Å²) in [6.45, 7) is 2.00. The van der Waals surface area contributed by atoms with E-state index in [0.29, 0.717) is 16.5 Å². The highest BCUT2D eigenvalue weighted by Crippen LogP contribution is 2.30. The summed E-state index contributed by atoms with van der Waals surface area (Å²) in [7, 11) is 1.58. The summed E-state index contributed by atoms with van der Waals surface area (Å²) in [5, 5.41) is 4.54. The number of hydrogen-bond donors (Lipinski definition) is 1. The third-order valence-electron chi connectivity index (χ3n) is 2.78. The molecule has 2 N–H and O–H groups in total. The minimum absolute atomic E-state index is 0.125. The van der Waals surface area contributed by atoms with Gasteiger partial charge in [0.15, 0.2) is 5.76 Å². The van der Waals surface area contributed by atoms with E-state index < -0.39 is 0 Å². The molecule has 0 amide bonds. The molecule has 2 aromatic rings. The molecule has 1 aromatic carbocycles. The molecule has 1 heterocycles. The van der Waals surface area contributed by atoms with Crippen LogP contribution in [0.5, 0.6) is 5.75 Å². The number of rotatable bonds is 4. The summed E-state index contributed by atoms with van der Waals surface area (Å²) in [5.74, 6) is 1.31. The monoisotopic (exact) mass is 266 g/mol. The lowest BCUT2D eigenvalue weighted by Crippen LogP contribution is -2.06. The maximum atomic E-state index is 6.07. The summed E-state index contributed by atoms with van der Waals surface area (Å²) in [6, 6.07) is 7.18. The molecule has 0 spiro atoms. The van der Waals surface area contributed by atoms with Crippen molar-refractivity contribution in [1.29, 1.82) is 0 Å². The van der Waals surface area contributed by atoms with Gasteiger partial charge in [-0.1, -0.05) is 23.7 Å². The minimum Gasteiger partial charge on any atom is -0.495 e. The van der Waals surface area contributed by atoms with Crippen LogP contribution in [0.2, 0.25) is 5.02 Å². The Morgan fingerprint density at radius 3 is 2.83 bits per heavy atom. The van der Waals surface area contributed by atoms with Crippen molar-refractivity contribution in [2.75, 3.05) is 7.11 Å². The lowest BCUT2D eigenvalue weighted by molar-refractivity contribution is 0.360. The largest absolute Gasteiger partial charge is 0.495 e. The fourth-order valence-electron chi connectivity index (χ4n) is 1.63. The van der Waals surface area contributed by atoms with Crippen molar-refractivity contribution in [2.24, 2.45) is 5.73 Å². The Labute approximate surface area is 111 Å². The highest BCUT2D eigenvalue weighted by molar-refractivity contribution is 6.32. The molecule has 18 heavy (non-hydrogen) atoms. The van der Waals surface area contributed by atoms with Crippen molar-refractivity contribution >= 4 is 11.6 Å². The second kappa shape index (κ2) is 5.42. The first-order chi connectivity index (χ1) is 8.65. The van der Waals surface area contributed by atoms with Gasteiger partial charge in [0.1, 0.15) is 11.4 Å². The number of benzene rings is 1. The van der Waals surface area contributed by atoms with Gasteiger partial charge in [0.2, 0.25) is 0 Å². The molecule has 0 radical (unpaired) electrons. The van der Waals surface area contributed by atoms with Crippen LogP contribution in [0.4, 0.5) is 0 Å². The van der Waals surface area contributed by atoms with Crippen LogP contribution >= 0.6 is 11.6 Å². The summed E-state index contributed by atoms with van der Waals surface area (Å²) in [6.07, 6.45) is 0.804. The van der Waals surface area contributed by atoms with E-state index in [1.807, 2.05) is 19.1 Å². The first-order valence-corrected chi connectivity index (χ1v) is 6.09. The SMILES string of the molecule is CCC(N)c1cc(-c2ccc(OC)c(Cl)c2)no1. The number of hydrogen-bond acceptors (Lipinski definition) is 4. The van der Waals surface area contributed by atoms with Crippen LogP contribution in [-0.4, -0.2) is 12.3 Å². The molecule has 96 valence electrons. The highest BCUT2D eigenvalue weighted by atomic mass is 35.5. The van der Waals surface area contributed by atoms with Gasteiger partial charge in [0.25, 0.3) is 0 Å². The Morgan fingerprint density at radius 2 is 2.22 bits per heavy atom. The molecule has 0 aliphatic carbocycles. The molecular formula is C13H15ClN2O2. The number of nitrogens with two attached hydrogens (primary N) is 1. The van der Waals surface area contributed by atoms with E-state index in [-0.39, 0.29) is 6.04 Å². The van der Waals surface area contributed by atoms with E-state index in [1.54, 1.807) is 19.2 Å². The Morgan fingerprint density at radius 1 is 1.44 bits per heavy atom. The summed E-state index contributed by atoms with van der Waals surface area (Å²) < 4.78 is 10.3. The van der Waals surface area contributed by atoms with E-state index in [1.165, 1.54) is 0 Å². The van der Waals surface area contributed by atoms with Gasteiger partial charge in [-0.3, -0.25) is 0 Å². The third kappa shape index (κ3) is 2.49. The smallest absolute Gasteiger partial charge is 0.154 e. The highest BCUT2D eigenvalue weighted by Gasteiger charge is 2.13. The molecule has 0 aliphatic heterocycles. The zero-order valence-electron chi connectivity index (χ0n) is 10.3. The lowest BCUT2D eigenvalue weighted by atomic mass is 10.1. The molecule has 0 saturated carbocycles. The van der Waals surface area contributed by atoms with Gasteiger partial charge in [0, 0.05) is 11.6 Å². The van der Waals surface area contributed by atoms with E-state index in [0.717, 1.165) is 17.7 Å². The van der Waals surface area contributed by atoms with Crippen LogP contribution in [0.25, 0.3) is 11.3 Å². The van der Waals surface area contributed by atoms with Gasteiger partial charge in [0.05, 0.1) is 18.2 Å².